The van der Waals surface area contributed by atoms with Gasteiger partial charge in [-0.05, 0) is 45.7 Å². The topological polar surface area (TPSA) is 103 Å². The van der Waals surface area contributed by atoms with Crippen LogP contribution < -0.4 is 4.90 Å². The summed E-state index contributed by atoms with van der Waals surface area (Å²) in [5.41, 5.74) is 0.998. The highest BCUT2D eigenvalue weighted by atomic mass is 16.6. The molecule has 0 N–H and O–H groups in total. The molecule has 0 radical (unpaired) electrons. The highest BCUT2D eigenvalue weighted by molar-refractivity contribution is 5.96. The standard InChI is InChI=1S/C19H25N5O4/c1-12(2)23-11-20-21-18(23)14-6-5-7-22(10-14)15-8-13(3)17(24(26)27)16(9-15)19(25)28-4/h8-9,11-12,14H,5-7,10H2,1-4H3. The van der Waals surface area contributed by atoms with Gasteiger partial charge in [-0.15, -0.1) is 10.2 Å². The predicted octanol–water partition coefficient (Wildman–Crippen LogP) is 3.25. The van der Waals surface area contributed by atoms with Crippen LogP contribution in [0.3, 0.4) is 0 Å². The third kappa shape index (κ3) is 3.69. The summed E-state index contributed by atoms with van der Waals surface area (Å²) in [4.78, 5) is 25.2. The van der Waals surface area contributed by atoms with Crippen molar-refractivity contribution in [3.05, 3.63) is 45.5 Å². The number of methoxy groups -OCH3 is 1. The Kier molecular flexibility index (Phi) is 5.62. The van der Waals surface area contributed by atoms with E-state index in [0.29, 0.717) is 12.1 Å². The van der Waals surface area contributed by atoms with Gasteiger partial charge in [0.15, 0.2) is 0 Å². The van der Waals surface area contributed by atoms with Gasteiger partial charge >= 0.3 is 5.97 Å². The van der Waals surface area contributed by atoms with E-state index in [1.54, 1.807) is 25.4 Å². The highest BCUT2D eigenvalue weighted by Gasteiger charge is 2.29. The van der Waals surface area contributed by atoms with Gasteiger partial charge in [-0.2, -0.15) is 0 Å². The van der Waals surface area contributed by atoms with Crippen molar-refractivity contribution in [2.45, 2.75) is 45.6 Å². The van der Waals surface area contributed by atoms with Crippen molar-refractivity contribution in [3.8, 4) is 0 Å². The summed E-state index contributed by atoms with van der Waals surface area (Å²) in [5.74, 6) is 0.451. The molecule has 3 rings (SSSR count). The molecule has 1 saturated heterocycles. The third-order valence-electron chi connectivity index (χ3n) is 5.18. The summed E-state index contributed by atoms with van der Waals surface area (Å²) in [6.45, 7) is 7.35. The van der Waals surface area contributed by atoms with E-state index in [4.69, 9.17) is 4.74 Å². The number of aryl methyl sites for hydroxylation is 1. The van der Waals surface area contributed by atoms with Crippen LogP contribution in [-0.2, 0) is 4.74 Å². The maximum Gasteiger partial charge on any atom is 0.344 e. The molecule has 1 unspecified atom stereocenters. The molecule has 0 amide bonds. The van der Waals surface area contributed by atoms with Crippen molar-refractivity contribution < 1.29 is 14.5 Å². The first kappa shape index (κ1) is 19.8. The van der Waals surface area contributed by atoms with Crippen molar-refractivity contribution in [1.29, 1.82) is 0 Å². The van der Waals surface area contributed by atoms with E-state index >= 15 is 0 Å². The summed E-state index contributed by atoms with van der Waals surface area (Å²) in [5, 5.41) is 19.8. The zero-order valence-corrected chi connectivity index (χ0v) is 16.6. The van der Waals surface area contributed by atoms with Crippen LogP contribution in [-0.4, -0.2) is 45.9 Å². The van der Waals surface area contributed by atoms with Crippen molar-refractivity contribution >= 4 is 17.3 Å². The molecule has 0 saturated carbocycles. The summed E-state index contributed by atoms with van der Waals surface area (Å²) < 4.78 is 6.84. The van der Waals surface area contributed by atoms with Crippen molar-refractivity contribution in [2.24, 2.45) is 0 Å². The molecule has 1 aromatic heterocycles. The number of nitro groups is 1. The molecule has 2 heterocycles. The quantitative estimate of drug-likeness (QED) is 0.441. The Morgan fingerprint density at radius 1 is 1.39 bits per heavy atom. The number of rotatable bonds is 5. The zero-order valence-electron chi connectivity index (χ0n) is 16.6. The van der Waals surface area contributed by atoms with Crippen LogP contribution in [0.4, 0.5) is 11.4 Å². The van der Waals surface area contributed by atoms with E-state index in [9.17, 15) is 14.9 Å². The number of carbonyl (C=O) groups is 1. The normalized spacial score (nSPS) is 17.0. The van der Waals surface area contributed by atoms with E-state index in [2.05, 4.69) is 33.5 Å². The van der Waals surface area contributed by atoms with Crippen LogP contribution in [0.2, 0.25) is 0 Å². The van der Waals surface area contributed by atoms with Crippen LogP contribution in [0.25, 0.3) is 0 Å². The predicted molar refractivity (Wildman–Crippen MR) is 104 cm³/mol. The van der Waals surface area contributed by atoms with Gasteiger partial charge in [0.2, 0.25) is 0 Å². The van der Waals surface area contributed by atoms with E-state index < -0.39 is 10.9 Å². The molecule has 1 aromatic carbocycles. The monoisotopic (exact) mass is 387 g/mol. The molecular weight excluding hydrogens is 362 g/mol. The second kappa shape index (κ2) is 7.95. The first-order valence-corrected chi connectivity index (χ1v) is 9.35. The fourth-order valence-corrected chi connectivity index (χ4v) is 3.82. The number of anilines is 1. The molecular formula is C19H25N5O4. The minimum atomic E-state index is -0.704. The van der Waals surface area contributed by atoms with E-state index in [1.165, 1.54) is 7.11 Å². The van der Waals surface area contributed by atoms with Crippen LogP contribution >= 0.6 is 0 Å². The summed E-state index contributed by atoms with van der Waals surface area (Å²) >= 11 is 0. The first-order chi connectivity index (χ1) is 13.3. The Morgan fingerprint density at radius 3 is 2.79 bits per heavy atom. The molecule has 1 aliphatic heterocycles. The Morgan fingerprint density at radius 2 is 2.14 bits per heavy atom. The molecule has 0 aliphatic carbocycles. The highest BCUT2D eigenvalue weighted by Crippen LogP contribution is 2.34. The summed E-state index contributed by atoms with van der Waals surface area (Å²) in [6.07, 6.45) is 3.71. The average molecular weight is 387 g/mol. The molecule has 1 fully saturated rings. The Bertz CT molecular complexity index is 892. The maximum atomic E-state index is 12.1. The molecule has 1 aliphatic rings. The number of esters is 1. The van der Waals surface area contributed by atoms with E-state index in [1.807, 2.05) is 0 Å². The smallest absolute Gasteiger partial charge is 0.344 e. The number of nitro benzene ring substituents is 1. The number of hydrogen-bond acceptors (Lipinski definition) is 7. The lowest BCUT2D eigenvalue weighted by Gasteiger charge is -2.34. The number of ether oxygens (including phenoxy) is 1. The number of hydrogen-bond donors (Lipinski definition) is 0. The first-order valence-electron chi connectivity index (χ1n) is 9.35. The maximum absolute atomic E-state index is 12.1. The van der Waals surface area contributed by atoms with E-state index in [0.717, 1.165) is 30.9 Å². The van der Waals surface area contributed by atoms with Crippen molar-refractivity contribution in [1.82, 2.24) is 14.8 Å². The van der Waals surface area contributed by atoms with Gasteiger partial charge in [-0.3, -0.25) is 10.1 Å². The molecule has 28 heavy (non-hydrogen) atoms. The third-order valence-corrected chi connectivity index (χ3v) is 5.18. The number of carbonyl (C=O) groups excluding carboxylic acids is 1. The second-order valence-electron chi connectivity index (χ2n) is 7.38. The molecule has 9 nitrogen and oxygen atoms in total. The molecule has 0 spiro atoms. The fraction of sp³-hybridized carbons (Fsp3) is 0.526. The lowest BCUT2D eigenvalue weighted by Crippen LogP contribution is -2.35. The fourth-order valence-electron chi connectivity index (χ4n) is 3.82. The summed E-state index contributed by atoms with van der Waals surface area (Å²) in [7, 11) is 1.23. The van der Waals surface area contributed by atoms with Crippen LogP contribution in [0.15, 0.2) is 18.5 Å². The van der Waals surface area contributed by atoms with Gasteiger partial charge in [0.05, 0.1) is 12.0 Å². The lowest BCUT2D eigenvalue weighted by molar-refractivity contribution is -0.385. The van der Waals surface area contributed by atoms with Crippen molar-refractivity contribution in [3.63, 3.8) is 0 Å². The van der Waals surface area contributed by atoms with Gasteiger partial charge in [-0.25, -0.2) is 4.79 Å². The van der Waals surface area contributed by atoms with Crippen LogP contribution in [0.5, 0.6) is 0 Å². The van der Waals surface area contributed by atoms with Gasteiger partial charge in [-0.1, -0.05) is 0 Å². The zero-order chi connectivity index (χ0) is 20.4. The lowest BCUT2D eigenvalue weighted by atomic mass is 9.95. The minimum Gasteiger partial charge on any atom is -0.465 e. The van der Waals surface area contributed by atoms with Gasteiger partial charge in [0.1, 0.15) is 17.7 Å². The van der Waals surface area contributed by atoms with Crippen LogP contribution in [0.1, 0.15) is 60.4 Å². The number of benzene rings is 1. The molecule has 150 valence electrons. The SMILES string of the molecule is COC(=O)c1cc(N2CCCC(c3nncn3C(C)C)C2)cc(C)c1[N+](=O)[O-]. The van der Waals surface area contributed by atoms with Gasteiger partial charge in [0, 0.05) is 36.3 Å². The van der Waals surface area contributed by atoms with Crippen molar-refractivity contribution in [2.75, 3.05) is 25.1 Å². The average Bonchev–Trinajstić information content (AvgIpc) is 3.16. The van der Waals surface area contributed by atoms with Gasteiger partial charge in [0.25, 0.3) is 5.69 Å². The Balaban J connectivity index is 1.95. The molecule has 0 bridgehead atoms. The number of aromatic nitrogens is 3. The Hall–Kier alpha value is -2.97. The van der Waals surface area contributed by atoms with Crippen LogP contribution in [0, 0.1) is 17.0 Å². The minimum absolute atomic E-state index is 0.0185. The van der Waals surface area contributed by atoms with E-state index in [-0.39, 0.29) is 23.2 Å². The second-order valence-corrected chi connectivity index (χ2v) is 7.38. The molecule has 2 aromatic rings. The molecule has 9 heteroatoms. The molecule has 1 atom stereocenters. The summed E-state index contributed by atoms with van der Waals surface area (Å²) in [6, 6.07) is 3.60. The number of nitrogens with zero attached hydrogens (tertiary/aromatic N) is 5. The largest absolute Gasteiger partial charge is 0.465 e. The Labute approximate surface area is 163 Å². The van der Waals surface area contributed by atoms with Gasteiger partial charge < -0.3 is 14.2 Å². The number of piperidine rings is 1.